The molecule has 0 spiro atoms. The van der Waals surface area contributed by atoms with Gasteiger partial charge in [-0.15, -0.1) is 0 Å². The second-order valence-electron chi connectivity index (χ2n) is 5.32. The van der Waals surface area contributed by atoms with E-state index in [1.807, 2.05) is 0 Å². The summed E-state index contributed by atoms with van der Waals surface area (Å²) < 4.78 is 0. The maximum absolute atomic E-state index is 10.3. The zero-order valence-electron chi connectivity index (χ0n) is 12.2. The number of aryl methyl sites for hydroxylation is 1. The van der Waals surface area contributed by atoms with Gasteiger partial charge in [-0.25, -0.2) is 0 Å². The third kappa shape index (κ3) is 3.71. The fourth-order valence-corrected chi connectivity index (χ4v) is 2.89. The third-order valence-corrected chi connectivity index (χ3v) is 4.00. The number of aliphatic hydroxyl groups excluding tert-OH is 1. The van der Waals surface area contributed by atoms with Gasteiger partial charge in [-0.1, -0.05) is 32.0 Å². The standard InChI is InChI=1S/C16H26N2O/c1-3-17(4-2)12-15(19)13-18-11-7-9-14-8-5-6-10-16(14)18/h5-6,8,10,15,19H,3-4,7,9,11-13H2,1-2H3/t15-/m0/s1. The number of fused-ring (bicyclic) bond motifs is 1. The molecule has 1 aromatic carbocycles. The molecule has 1 N–H and O–H groups in total. The molecule has 1 heterocycles. The molecule has 0 amide bonds. The Morgan fingerprint density at radius 2 is 2.00 bits per heavy atom. The van der Waals surface area contributed by atoms with Crippen molar-refractivity contribution in [2.45, 2.75) is 32.8 Å². The summed E-state index contributed by atoms with van der Waals surface area (Å²) in [6.45, 7) is 8.87. The van der Waals surface area contributed by atoms with Crippen LogP contribution < -0.4 is 4.90 Å². The molecule has 0 aromatic heterocycles. The summed E-state index contributed by atoms with van der Waals surface area (Å²) in [5, 5.41) is 10.3. The molecule has 0 radical (unpaired) electrons. The number of benzene rings is 1. The van der Waals surface area contributed by atoms with Crippen LogP contribution in [0.5, 0.6) is 0 Å². The van der Waals surface area contributed by atoms with Crippen molar-refractivity contribution < 1.29 is 5.11 Å². The Morgan fingerprint density at radius 3 is 2.74 bits per heavy atom. The largest absolute Gasteiger partial charge is 0.390 e. The quantitative estimate of drug-likeness (QED) is 0.851. The minimum absolute atomic E-state index is 0.272. The number of β-amino-alcohol motifs (C(OH)–C–C–N with tert-alkyl or cyclic N) is 1. The molecular formula is C16H26N2O. The molecule has 106 valence electrons. The van der Waals surface area contributed by atoms with Crippen LogP contribution in [0, 0.1) is 0 Å². The molecule has 0 aliphatic carbocycles. The zero-order chi connectivity index (χ0) is 13.7. The number of rotatable bonds is 6. The molecule has 3 heteroatoms. The Hall–Kier alpha value is -1.06. The van der Waals surface area contributed by atoms with Crippen LogP contribution in [0.2, 0.25) is 0 Å². The third-order valence-electron chi connectivity index (χ3n) is 4.00. The van der Waals surface area contributed by atoms with Crippen LogP contribution in [-0.4, -0.2) is 48.8 Å². The summed E-state index contributed by atoms with van der Waals surface area (Å²) in [5.41, 5.74) is 2.73. The number of aliphatic hydroxyl groups is 1. The molecule has 1 aromatic rings. The van der Waals surface area contributed by atoms with E-state index in [0.29, 0.717) is 0 Å². The van der Waals surface area contributed by atoms with Crippen molar-refractivity contribution in [3.8, 4) is 0 Å². The SMILES string of the molecule is CCN(CC)C[C@H](O)CN1CCCc2ccccc21. The van der Waals surface area contributed by atoms with Crippen molar-refractivity contribution >= 4 is 5.69 Å². The summed E-state index contributed by atoms with van der Waals surface area (Å²) in [6.07, 6.45) is 2.08. The molecular weight excluding hydrogens is 236 g/mol. The van der Waals surface area contributed by atoms with Gasteiger partial charge in [0.25, 0.3) is 0 Å². The molecule has 0 fully saturated rings. The highest BCUT2D eigenvalue weighted by Gasteiger charge is 2.19. The topological polar surface area (TPSA) is 26.7 Å². The average molecular weight is 262 g/mol. The monoisotopic (exact) mass is 262 g/mol. The van der Waals surface area contributed by atoms with Gasteiger partial charge in [0.15, 0.2) is 0 Å². The number of para-hydroxylation sites is 1. The predicted molar refractivity (Wildman–Crippen MR) is 80.8 cm³/mol. The Balaban J connectivity index is 1.96. The summed E-state index contributed by atoms with van der Waals surface area (Å²) in [6, 6.07) is 8.58. The van der Waals surface area contributed by atoms with Gasteiger partial charge >= 0.3 is 0 Å². The molecule has 1 aliphatic heterocycles. The first-order chi connectivity index (χ1) is 9.24. The number of hydrogen-bond acceptors (Lipinski definition) is 3. The lowest BCUT2D eigenvalue weighted by molar-refractivity contribution is 0.122. The van der Waals surface area contributed by atoms with E-state index in [2.05, 4.69) is 47.9 Å². The van der Waals surface area contributed by atoms with Crippen molar-refractivity contribution in [3.63, 3.8) is 0 Å². The first kappa shape index (κ1) is 14.4. The van der Waals surface area contributed by atoms with Gasteiger partial charge in [0.05, 0.1) is 6.10 Å². The van der Waals surface area contributed by atoms with Crippen LogP contribution >= 0.6 is 0 Å². The zero-order valence-corrected chi connectivity index (χ0v) is 12.2. The fraction of sp³-hybridized carbons (Fsp3) is 0.625. The van der Waals surface area contributed by atoms with Crippen LogP contribution in [-0.2, 0) is 6.42 Å². The average Bonchev–Trinajstić information content (AvgIpc) is 2.45. The van der Waals surface area contributed by atoms with Gasteiger partial charge in [-0.05, 0) is 37.6 Å². The van der Waals surface area contributed by atoms with Crippen molar-refractivity contribution in [2.24, 2.45) is 0 Å². The van der Waals surface area contributed by atoms with Crippen LogP contribution in [0.4, 0.5) is 5.69 Å². The summed E-state index contributed by atoms with van der Waals surface area (Å²) in [4.78, 5) is 4.62. The molecule has 0 unspecified atom stereocenters. The van der Waals surface area contributed by atoms with E-state index in [0.717, 1.165) is 32.7 Å². The second kappa shape index (κ2) is 6.92. The van der Waals surface area contributed by atoms with Crippen LogP contribution in [0.15, 0.2) is 24.3 Å². The van der Waals surface area contributed by atoms with E-state index in [-0.39, 0.29) is 6.10 Å². The van der Waals surface area contributed by atoms with E-state index in [1.54, 1.807) is 0 Å². The highest BCUT2D eigenvalue weighted by molar-refractivity contribution is 5.55. The van der Waals surface area contributed by atoms with Gasteiger partial charge in [-0.2, -0.15) is 0 Å². The van der Waals surface area contributed by atoms with Gasteiger partial charge in [0, 0.05) is 25.3 Å². The van der Waals surface area contributed by atoms with Crippen LogP contribution in [0.25, 0.3) is 0 Å². The van der Waals surface area contributed by atoms with Crippen molar-refractivity contribution in [3.05, 3.63) is 29.8 Å². The molecule has 3 nitrogen and oxygen atoms in total. The highest BCUT2D eigenvalue weighted by Crippen LogP contribution is 2.26. The van der Waals surface area contributed by atoms with Crippen LogP contribution in [0.3, 0.4) is 0 Å². The minimum atomic E-state index is -0.272. The lowest BCUT2D eigenvalue weighted by Gasteiger charge is -2.34. The fourth-order valence-electron chi connectivity index (χ4n) is 2.89. The molecule has 1 atom stereocenters. The summed E-state index contributed by atoms with van der Waals surface area (Å²) >= 11 is 0. The van der Waals surface area contributed by atoms with Gasteiger partial charge in [-0.3, -0.25) is 0 Å². The van der Waals surface area contributed by atoms with Crippen molar-refractivity contribution in [2.75, 3.05) is 37.6 Å². The second-order valence-corrected chi connectivity index (χ2v) is 5.32. The van der Waals surface area contributed by atoms with Crippen molar-refractivity contribution in [1.82, 2.24) is 4.90 Å². The normalized spacial score (nSPS) is 16.5. The Bertz CT molecular complexity index is 390. The molecule has 0 saturated carbocycles. The van der Waals surface area contributed by atoms with Gasteiger partial charge in [0.1, 0.15) is 0 Å². The summed E-state index contributed by atoms with van der Waals surface area (Å²) in [7, 11) is 0. The van der Waals surface area contributed by atoms with Crippen LogP contribution in [0.1, 0.15) is 25.8 Å². The highest BCUT2D eigenvalue weighted by atomic mass is 16.3. The molecule has 1 aliphatic rings. The number of likely N-dealkylation sites (N-methyl/N-ethyl adjacent to an activating group) is 1. The van der Waals surface area contributed by atoms with Crippen molar-refractivity contribution in [1.29, 1.82) is 0 Å². The lowest BCUT2D eigenvalue weighted by atomic mass is 10.0. The number of nitrogens with zero attached hydrogens (tertiary/aromatic N) is 2. The molecule has 0 bridgehead atoms. The predicted octanol–water partition coefficient (Wildman–Crippen LogP) is 2.14. The Morgan fingerprint density at radius 1 is 1.26 bits per heavy atom. The lowest BCUT2D eigenvalue weighted by Crippen LogP contribution is -2.42. The van der Waals surface area contributed by atoms with E-state index in [1.165, 1.54) is 24.1 Å². The molecule has 0 saturated heterocycles. The maximum atomic E-state index is 10.3. The first-order valence-electron chi connectivity index (χ1n) is 7.47. The van der Waals surface area contributed by atoms with Gasteiger partial charge in [0.2, 0.25) is 0 Å². The number of hydrogen-bond donors (Lipinski definition) is 1. The Labute approximate surface area is 116 Å². The first-order valence-corrected chi connectivity index (χ1v) is 7.47. The maximum Gasteiger partial charge on any atom is 0.0841 e. The molecule has 2 rings (SSSR count). The van der Waals surface area contributed by atoms with E-state index >= 15 is 0 Å². The Kier molecular flexibility index (Phi) is 5.23. The van der Waals surface area contributed by atoms with Gasteiger partial charge < -0.3 is 14.9 Å². The summed E-state index contributed by atoms with van der Waals surface area (Å²) in [5.74, 6) is 0. The van der Waals surface area contributed by atoms with E-state index < -0.39 is 0 Å². The molecule has 19 heavy (non-hydrogen) atoms. The number of anilines is 1. The minimum Gasteiger partial charge on any atom is -0.390 e. The van der Waals surface area contributed by atoms with E-state index in [4.69, 9.17) is 0 Å². The van der Waals surface area contributed by atoms with E-state index in [9.17, 15) is 5.11 Å². The smallest absolute Gasteiger partial charge is 0.0841 e.